The molecule has 2 aromatic heterocycles. The second kappa shape index (κ2) is 6.97. The molecule has 5 rings (SSSR count). The molecule has 0 aliphatic heterocycles. The van der Waals surface area contributed by atoms with Crippen molar-refractivity contribution in [3.63, 3.8) is 0 Å². The first-order valence-corrected chi connectivity index (χ1v) is 9.84. The number of alkyl halides is 3. The van der Waals surface area contributed by atoms with Crippen LogP contribution in [0.1, 0.15) is 35.0 Å². The fourth-order valence-corrected chi connectivity index (χ4v) is 3.97. The highest BCUT2D eigenvalue weighted by Crippen LogP contribution is 2.35. The Bertz CT molecular complexity index is 1270. The van der Waals surface area contributed by atoms with E-state index in [0.29, 0.717) is 30.0 Å². The molecule has 1 aliphatic rings. The summed E-state index contributed by atoms with van der Waals surface area (Å²) in [5.41, 5.74) is 2.10. The molecule has 1 atom stereocenters. The molecule has 0 bridgehead atoms. The van der Waals surface area contributed by atoms with Crippen molar-refractivity contribution in [2.45, 2.75) is 25.9 Å². The summed E-state index contributed by atoms with van der Waals surface area (Å²) in [4.78, 5) is 20.6. The number of ketones is 1. The number of Topliss-reactive ketones (excluding diaryl/α,β-unsaturated/α-hetero) is 1. The number of carbonyl (C=O) groups is 1. The number of halogens is 3. The van der Waals surface area contributed by atoms with E-state index in [0.717, 1.165) is 23.2 Å². The lowest BCUT2D eigenvalue weighted by atomic mass is 9.88. The highest BCUT2D eigenvalue weighted by atomic mass is 19.4. The Hall–Kier alpha value is -3.62. The molecule has 0 saturated heterocycles. The molecule has 4 aromatic rings. The van der Waals surface area contributed by atoms with E-state index in [1.807, 2.05) is 31.2 Å². The third-order valence-corrected chi connectivity index (χ3v) is 5.37. The molecular weight excluding hydrogens is 407 g/mol. The number of carbonyl (C=O) groups excluding carboxylic acids is 1. The zero-order chi connectivity index (χ0) is 21.8. The van der Waals surface area contributed by atoms with Gasteiger partial charge in [0, 0.05) is 12.1 Å². The fraction of sp³-hybridized carbons (Fsp3) is 0.227. The molecule has 0 spiro atoms. The van der Waals surface area contributed by atoms with Crippen molar-refractivity contribution in [3.05, 3.63) is 65.4 Å². The molecule has 31 heavy (non-hydrogen) atoms. The van der Waals surface area contributed by atoms with E-state index >= 15 is 0 Å². The number of aromatic amines is 1. The van der Waals surface area contributed by atoms with E-state index < -0.39 is 11.7 Å². The number of anilines is 2. The Morgan fingerprint density at radius 1 is 1.13 bits per heavy atom. The van der Waals surface area contributed by atoms with E-state index in [2.05, 4.69) is 20.4 Å². The Morgan fingerprint density at radius 3 is 2.71 bits per heavy atom. The molecule has 0 fully saturated rings. The number of fused-ring (bicyclic) bond motifs is 2. The van der Waals surface area contributed by atoms with Gasteiger partial charge < -0.3 is 10.3 Å². The van der Waals surface area contributed by atoms with Gasteiger partial charge in [0.05, 0.1) is 27.9 Å². The maximum Gasteiger partial charge on any atom is 0.416 e. The van der Waals surface area contributed by atoms with Gasteiger partial charge in [-0.15, -0.1) is 5.10 Å². The van der Waals surface area contributed by atoms with Crippen LogP contribution in [0, 0.1) is 5.92 Å². The van der Waals surface area contributed by atoms with Gasteiger partial charge >= 0.3 is 6.18 Å². The zero-order valence-corrected chi connectivity index (χ0v) is 16.5. The van der Waals surface area contributed by atoms with Crippen molar-refractivity contribution in [1.29, 1.82) is 0 Å². The lowest BCUT2D eigenvalue weighted by Gasteiger charge is -2.18. The van der Waals surface area contributed by atoms with Crippen LogP contribution in [0.25, 0.3) is 17.0 Å². The Morgan fingerprint density at radius 2 is 1.94 bits per heavy atom. The second-order valence-corrected chi connectivity index (χ2v) is 7.80. The van der Waals surface area contributed by atoms with E-state index in [1.54, 1.807) is 4.68 Å². The minimum Gasteiger partial charge on any atom is -0.338 e. The highest BCUT2D eigenvalue weighted by Gasteiger charge is 2.33. The Kier molecular flexibility index (Phi) is 4.35. The smallest absolute Gasteiger partial charge is 0.338 e. The topological polar surface area (TPSA) is 75.6 Å². The maximum atomic E-state index is 13.1. The SMILES string of the molecule is CC1CC(=O)c2c(Nc3cccc(C(F)(F)F)c3)nn(-c3nc4ccccc4[nH]3)c2C1. The fourth-order valence-electron chi connectivity index (χ4n) is 3.97. The van der Waals surface area contributed by atoms with Crippen molar-refractivity contribution in [2.24, 2.45) is 5.92 Å². The summed E-state index contributed by atoms with van der Waals surface area (Å²) in [7, 11) is 0. The highest BCUT2D eigenvalue weighted by molar-refractivity contribution is 6.03. The van der Waals surface area contributed by atoms with Gasteiger partial charge in [-0.25, -0.2) is 9.67 Å². The number of benzene rings is 2. The molecule has 1 aliphatic carbocycles. The predicted octanol–water partition coefficient (Wildman–Crippen LogP) is 5.28. The van der Waals surface area contributed by atoms with Crippen LogP contribution in [0.3, 0.4) is 0 Å². The average Bonchev–Trinajstić information content (AvgIpc) is 3.29. The van der Waals surface area contributed by atoms with Crippen LogP contribution >= 0.6 is 0 Å². The molecule has 2 N–H and O–H groups in total. The van der Waals surface area contributed by atoms with Crippen molar-refractivity contribution in [2.75, 3.05) is 5.32 Å². The number of rotatable bonds is 3. The van der Waals surface area contributed by atoms with Crippen LogP contribution in [-0.2, 0) is 12.6 Å². The van der Waals surface area contributed by atoms with Crippen LogP contribution < -0.4 is 5.32 Å². The molecule has 2 heterocycles. The molecule has 0 saturated carbocycles. The molecule has 158 valence electrons. The lowest BCUT2D eigenvalue weighted by Crippen LogP contribution is -2.20. The van der Waals surface area contributed by atoms with Gasteiger partial charge in [0.15, 0.2) is 11.6 Å². The first-order valence-electron chi connectivity index (χ1n) is 9.84. The van der Waals surface area contributed by atoms with Crippen LogP contribution in [-0.4, -0.2) is 25.5 Å². The Balaban J connectivity index is 1.62. The van der Waals surface area contributed by atoms with E-state index in [1.165, 1.54) is 12.1 Å². The van der Waals surface area contributed by atoms with Gasteiger partial charge in [-0.2, -0.15) is 13.2 Å². The number of hydrogen-bond donors (Lipinski definition) is 2. The minimum absolute atomic E-state index is 0.0920. The maximum absolute atomic E-state index is 13.1. The van der Waals surface area contributed by atoms with Gasteiger partial charge in [0.25, 0.3) is 0 Å². The first-order chi connectivity index (χ1) is 14.8. The minimum atomic E-state index is -4.46. The third kappa shape index (κ3) is 3.45. The van der Waals surface area contributed by atoms with Crippen molar-refractivity contribution >= 4 is 28.3 Å². The van der Waals surface area contributed by atoms with Gasteiger partial charge in [0.2, 0.25) is 5.95 Å². The number of nitrogens with zero attached hydrogens (tertiary/aromatic N) is 3. The largest absolute Gasteiger partial charge is 0.416 e. The van der Waals surface area contributed by atoms with Gasteiger partial charge in [-0.1, -0.05) is 25.1 Å². The summed E-state index contributed by atoms with van der Waals surface area (Å²) < 4.78 is 40.9. The second-order valence-electron chi connectivity index (χ2n) is 7.80. The predicted molar refractivity (Wildman–Crippen MR) is 110 cm³/mol. The monoisotopic (exact) mass is 425 g/mol. The van der Waals surface area contributed by atoms with Crippen molar-refractivity contribution < 1.29 is 18.0 Å². The average molecular weight is 425 g/mol. The summed E-state index contributed by atoms with van der Waals surface area (Å²) >= 11 is 0. The number of hydrogen-bond acceptors (Lipinski definition) is 4. The van der Waals surface area contributed by atoms with Gasteiger partial charge in [0.1, 0.15) is 0 Å². The van der Waals surface area contributed by atoms with Gasteiger partial charge in [-0.3, -0.25) is 4.79 Å². The number of nitrogens with one attached hydrogen (secondary N) is 2. The molecular formula is C22H18F3N5O. The molecule has 0 amide bonds. The van der Waals surface area contributed by atoms with E-state index in [4.69, 9.17) is 0 Å². The zero-order valence-electron chi connectivity index (χ0n) is 16.5. The number of H-pyrrole nitrogens is 1. The summed E-state index contributed by atoms with van der Waals surface area (Å²) in [5, 5.41) is 7.46. The molecule has 0 radical (unpaired) electrons. The summed E-state index contributed by atoms with van der Waals surface area (Å²) in [6.45, 7) is 1.98. The van der Waals surface area contributed by atoms with Crippen LogP contribution in [0.2, 0.25) is 0 Å². The molecule has 2 aromatic carbocycles. The molecule has 6 nitrogen and oxygen atoms in total. The molecule has 1 unspecified atom stereocenters. The first kappa shape index (κ1) is 19.3. The summed E-state index contributed by atoms with van der Waals surface area (Å²) in [6.07, 6.45) is -3.50. The van der Waals surface area contributed by atoms with E-state index in [9.17, 15) is 18.0 Å². The van der Waals surface area contributed by atoms with Crippen molar-refractivity contribution in [3.8, 4) is 5.95 Å². The van der Waals surface area contributed by atoms with Gasteiger partial charge in [-0.05, 0) is 42.7 Å². The van der Waals surface area contributed by atoms with E-state index in [-0.39, 0.29) is 23.2 Å². The number of para-hydroxylation sites is 2. The quantitative estimate of drug-likeness (QED) is 0.469. The molecule has 9 heteroatoms. The van der Waals surface area contributed by atoms with Crippen LogP contribution in [0.4, 0.5) is 24.7 Å². The Labute approximate surface area is 175 Å². The summed E-state index contributed by atoms with van der Waals surface area (Å²) in [6, 6.07) is 12.3. The number of imidazole rings is 1. The number of aromatic nitrogens is 4. The van der Waals surface area contributed by atoms with Crippen LogP contribution in [0.5, 0.6) is 0 Å². The standard InChI is InChI=1S/C22H18F3N5O/c1-12-9-17-19(18(31)10-12)20(26-14-6-4-5-13(11-14)22(23,24)25)29-30(17)21-27-15-7-2-3-8-16(15)28-21/h2-8,11-12H,9-10H2,1H3,(H,26,29)(H,27,28). The third-order valence-electron chi connectivity index (χ3n) is 5.37. The van der Waals surface area contributed by atoms with Crippen molar-refractivity contribution in [1.82, 2.24) is 19.7 Å². The summed E-state index contributed by atoms with van der Waals surface area (Å²) in [5.74, 6) is 0.718. The normalized spacial score (nSPS) is 16.5. The van der Waals surface area contributed by atoms with Crippen LogP contribution in [0.15, 0.2) is 48.5 Å². The lowest BCUT2D eigenvalue weighted by molar-refractivity contribution is -0.137.